The molecule has 4 heterocycles. The predicted molar refractivity (Wildman–Crippen MR) is 73.4 cm³/mol. The quantitative estimate of drug-likeness (QED) is 0.773. The molecule has 2 aliphatic heterocycles. The Morgan fingerprint density at radius 1 is 1.43 bits per heavy atom. The second-order valence-corrected chi connectivity index (χ2v) is 5.34. The highest BCUT2D eigenvalue weighted by Gasteiger charge is 2.36. The summed E-state index contributed by atoms with van der Waals surface area (Å²) in [5.74, 6) is 0.833. The van der Waals surface area contributed by atoms with Crippen LogP contribution >= 0.6 is 0 Å². The molecule has 0 radical (unpaired) electrons. The minimum absolute atomic E-state index is 0.151. The van der Waals surface area contributed by atoms with Crippen LogP contribution in [0.1, 0.15) is 23.7 Å². The molecule has 4 rings (SSSR count). The molecule has 2 aromatic rings. The summed E-state index contributed by atoms with van der Waals surface area (Å²) in [4.78, 5) is 6.56. The van der Waals surface area contributed by atoms with Crippen molar-refractivity contribution >= 4 is 5.82 Å². The molecule has 1 saturated heterocycles. The fraction of sp³-hybridized carbons (Fsp3) is 0.429. The van der Waals surface area contributed by atoms with Gasteiger partial charge in [0.2, 0.25) is 0 Å². The Morgan fingerprint density at radius 2 is 2.38 bits per heavy atom. The molecule has 2 aromatic heterocycles. The summed E-state index contributed by atoms with van der Waals surface area (Å²) >= 11 is 0. The number of anilines is 1. The second-order valence-electron chi connectivity index (χ2n) is 5.34. The van der Waals surface area contributed by atoms with Gasteiger partial charge in [-0.25, -0.2) is 9.67 Å². The predicted octanol–water partition coefficient (Wildman–Crippen LogP) is 0.895. The van der Waals surface area contributed by atoms with Gasteiger partial charge >= 0.3 is 0 Å². The zero-order valence-electron chi connectivity index (χ0n) is 11.4. The number of fused-ring (bicyclic) bond motifs is 3. The van der Waals surface area contributed by atoms with E-state index in [1.165, 1.54) is 0 Å². The molecule has 7 heteroatoms. The van der Waals surface area contributed by atoms with Gasteiger partial charge in [0.25, 0.3) is 0 Å². The Morgan fingerprint density at radius 3 is 3.29 bits per heavy atom. The van der Waals surface area contributed by atoms with Gasteiger partial charge in [0, 0.05) is 19.3 Å². The SMILES string of the molecule is N#Cc1ccnc(N2CC[C@H]3OCc4cnnn4[C@H]3C2)c1. The largest absolute Gasteiger partial charge is 0.370 e. The van der Waals surface area contributed by atoms with Gasteiger partial charge in [-0.2, -0.15) is 5.26 Å². The molecule has 0 aliphatic carbocycles. The van der Waals surface area contributed by atoms with Crippen molar-refractivity contribution in [3.05, 3.63) is 35.8 Å². The van der Waals surface area contributed by atoms with E-state index >= 15 is 0 Å². The third-order valence-corrected chi connectivity index (χ3v) is 4.13. The molecule has 2 aliphatic rings. The van der Waals surface area contributed by atoms with Crippen molar-refractivity contribution in [3.63, 3.8) is 0 Å². The first-order chi connectivity index (χ1) is 10.3. The van der Waals surface area contributed by atoms with Crippen molar-refractivity contribution in [2.45, 2.75) is 25.2 Å². The zero-order chi connectivity index (χ0) is 14.2. The molecule has 2 atom stereocenters. The molecule has 21 heavy (non-hydrogen) atoms. The van der Waals surface area contributed by atoms with Crippen LogP contribution in [0.2, 0.25) is 0 Å². The van der Waals surface area contributed by atoms with Crippen LogP contribution in [0.25, 0.3) is 0 Å². The minimum atomic E-state index is 0.151. The number of aromatic nitrogens is 4. The average Bonchev–Trinajstić information content (AvgIpc) is 3.03. The molecule has 0 saturated carbocycles. The maximum absolute atomic E-state index is 9.01. The van der Waals surface area contributed by atoms with Crippen molar-refractivity contribution in [2.75, 3.05) is 18.0 Å². The summed E-state index contributed by atoms with van der Waals surface area (Å²) in [6.07, 6.45) is 4.53. The first-order valence-corrected chi connectivity index (χ1v) is 6.97. The third kappa shape index (κ3) is 2.04. The second kappa shape index (κ2) is 4.82. The lowest BCUT2D eigenvalue weighted by molar-refractivity contribution is -0.0373. The van der Waals surface area contributed by atoms with Gasteiger partial charge in [-0.3, -0.25) is 0 Å². The van der Waals surface area contributed by atoms with E-state index in [-0.39, 0.29) is 12.1 Å². The van der Waals surface area contributed by atoms with Gasteiger partial charge in [-0.05, 0) is 18.6 Å². The highest BCUT2D eigenvalue weighted by atomic mass is 16.5. The molecule has 0 unspecified atom stereocenters. The molecule has 106 valence electrons. The summed E-state index contributed by atoms with van der Waals surface area (Å²) in [6.45, 7) is 2.21. The lowest BCUT2D eigenvalue weighted by Crippen LogP contribution is -2.48. The van der Waals surface area contributed by atoms with Crippen molar-refractivity contribution < 1.29 is 4.74 Å². The van der Waals surface area contributed by atoms with Crippen LogP contribution in [0, 0.1) is 11.3 Å². The molecule has 0 N–H and O–H groups in total. The fourth-order valence-corrected chi connectivity index (χ4v) is 3.05. The van der Waals surface area contributed by atoms with Gasteiger partial charge in [-0.1, -0.05) is 5.21 Å². The number of nitriles is 1. The van der Waals surface area contributed by atoms with Crippen LogP contribution in [0.4, 0.5) is 5.82 Å². The maximum Gasteiger partial charge on any atom is 0.129 e. The highest BCUT2D eigenvalue weighted by molar-refractivity contribution is 5.45. The Labute approximate surface area is 121 Å². The average molecular weight is 282 g/mol. The van der Waals surface area contributed by atoms with E-state index in [0.717, 1.165) is 31.0 Å². The molecule has 7 nitrogen and oxygen atoms in total. The summed E-state index contributed by atoms with van der Waals surface area (Å²) in [5.41, 5.74) is 1.64. The van der Waals surface area contributed by atoms with Crippen LogP contribution in [0.15, 0.2) is 24.5 Å². The van der Waals surface area contributed by atoms with Gasteiger partial charge in [0.05, 0.1) is 42.3 Å². The monoisotopic (exact) mass is 282 g/mol. The maximum atomic E-state index is 9.01. The van der Waals surface area contributed by atoms with Crippen molar-refractivity contribution in [2.24, 2.45) is 0 Å². The van der Waals surface area contributed by atoms with Crippen molar-refractivity contribution in [3.8, 4) is 6.07 Å². The number of piperidine rings is 1. The van der Waals surface area contributed by atoms with Gasteiger partial charge in [-0.15, -0.1) is 5.10 Å². The van der Waals surface area contributed by atoms with E-state index in [1.807, 2.05) is 10.7 Å². The van der Waals surface area contributed by atoms with E-state index in [4.69, 9.17) is 10.00 Å². The molecule has 0 amide bonds. The Balaban J connectivity index is 1.62. The normalized spacial score (nSPS) is 24.0. The van der Waals surface area contributed by atoms with E-state index in [1.54, 1.807) is 18.5 Å². The fourth-order valence-electron chi connectivity index (χ4n) is 3.05. The number of ether oxygens (including phenoxy) is 1. The number of hydrogen-bond acceptors (Lipinski definition) is 6. The Bertz CT molecular complexity index is 705. The van der Waals surface area contributed by atoms with Gasteiger partial charge in [0.1, 0.15) is 5.82 Å². The summed E-state index contributed by atoms with van der Waals surface area (Å²) in [7, 11) is 0. The number of nitrogens with zero attached hydrogens (tertiary/aromatic N) is 6. The number of hydrogen-bond donors (Lipinski definition) is 0. The molecular formula is C14H14N6O. The third-order valence-electron chi connectivity index (χ3n) is 4.13. The molecular weight excluding hydrogens is 268 g/mol. The highest BCUT2D eigenvalue weighted by Crippen LogP contribution is 2.31. The summed E-state index contributed by atoms with van der Waals surface area (Å²) in [5, 5.41) is 17.2. The van der Waals surface area contributed by atoms with Crippen LogP contribution in [0.3, 0.4) is 0 Å². The number of pyridine rings is 1. The van der Waals surface area contributed by atoms with Crippen molar-refractivity contribution in [1.82, 2.24) is 20.0 Å². The lowest BCUT2D eigenvalue weighted by Gasteiger charge is -2.41. The van der Waals surface area contributed by atoms with Crippen LogP contribution in [-0.4, -0.2) is 39.2 Å². The topological polar surface area (TPSA) is 79.9 Å². The van der Waals surface area contributed by atoms with Crippen LogP contribution < -0.4 is 4.90 Å². The van der Waals surface area contributed by atoms with E-state index in [0.29, 0.717) is 12.2 Å². The van der Waals surface area contributed by atoms with E-state index in [9.17, 15) is 0 Å². The van der Waals surface area contributed by atoms with Crippen molar-refractivity contribution in [1.29, 1.82) is 5.26 Å². The zero-order valence-corrected chi connectivity index (χ0v) is 11.4. The number of rotatable bonds is 1. The Hall–Kier alpha value is -2.46. The van der Waals surface area contributed by atoms with E-state index < -0.39 is 0 Å². The van der Waals surface area contributed by atoms with Crippen LogP contribution in [-0.2, 0) is 11.3 Å². The van der Waals surface area contributed by atoms with Gasteiger partial charge in [0.15, 0.2) is 0 Å². The summed E-state index contributed by atoms with van der Waals surface area (Å²) in [6, 6.07) is 5.85. The van der Waals surface area contributed by atoms with Gasteiger partial charge < -0.3 is 9.64 Å². The first-order valence-electron chi connectivity index (χ1n) is 6.97. The Kier molecular flexibility index (Phi) is 2.82. The standard InChI is InChI=1S/C14H14N6O/c15-6-10-1-3-16-14(5-10)19-4-2-13-12(8-19)20-11(9-21-13)7-17-18-20/h1,3,5,7,12-13H,2,4,8-9H2/t12-,13+/m0/s1. The summed E-state index contributed by atoms with van der Waals surface area (Å²) < 4.78 is 7.86. The molecule has 0 spiro atoms. The molecule has 0 bridgehead atoms. The lowest BCUT2D eigenvalue weighted by atomic mass is 10.0. The molecule has 1 fully saturated rings. The molecule has 0 aromatic carbocycles. The van der Waals surface area contributed by atoms with Crippen LogP contribution in [0.5, 0.6) is 0 Å². The first kappa shape index (κ1) is 12.3. The smallest absolute Gasteiger partial charge is 0.129 e. The minimum Gasteiger partial charge on any atom is -0.370 e. The van der Waals surface area contributed by atoms with E-state index in [2.05, 4.69) is 26.3 Å².